The molecule has 0 aliphatic carbocycles. The Hall–Kier alpha value is 2.41. The van der Waals surface area contributed by atoms with Crippen LogP contribution in [0.4, 0.5) is 0 Å². The van der Waals surface area contributed by atoms with E-state index in [1.54, 1.807) is 0 Å². The molecular formula is O6SrV2-10. The van der Waals surface area contributed by atoms with Gasteiger partial charge in [-0.05, 0) is 0 Å². The topological polar surface area (TPSA) is 171 Å². The molecule has 0 spiro atoms. The Morgan fingerprint density at radius 2 is 0.333 bits per heavy atom. The van der Waals surface area contributed by atoms with Crippen LogP contribution in [-0.4, -0.2) is 45.5 Å². The summed E-state index contributed by atoms with van der Waals surface area (Å²) in [7, 11) is 0. The maximum atomic E-state index is 0. The number of hydrogen-bond donors (Lipinski definition) is 0. The summed E-state index contributed by atoms with van der Waals surface area (Å²) in [5, 5.41) is 0. The van der Waals surface area contributed by atoms with Crippen molar-refractivity contribution >= 4 is 45.5 Å². The predicted molar refractivity (Wildman–Crippen MR) is 9.87 cm³/mol. The van der Waals surface area contributed by atoms with Crippen molar-refractivity contribution in [2.45, 2.75) is 0 Å². The van der Waals surface area contributed by atoms with Crippen molar-refractivity contribution in [3.05, 3.63) is 0 Å². The third-order valence-electron chi connectivity index (χ3n) is 0. The Labute approximate surface area is 114 Å². The van der Waals surface area contributed by atoms with E-state index >= 15 is 0 Å². The Kier molecular flexibility index (Phi) is 3760. The molecule has 0 atom stereocenters. The zero-order chi connectivity index (χ0) is 0. The first kappa shape index (κ1) is 213. The Bertz CT molecular complexity index is 11.0. The van der Waals surface area contributed by atoms with Crippen molar-refractivity contribution in [2.24, 2.45) is 0 Å². The fourth-order valence-corrected chi connectivity index (χ4v) is 0. The minimum atomic E-state index is 0. The minimum absolute atomic E-state index is 0. The zero-order valence-electron chi connectivity index (χ0n) is 4.05. The fourth-order valence-electron chi connectivity index (χ4n) is 0. The minimum Gasteiger partial charge on any atom is -2.00 e. The average molecular weight is 286 g/mol. The second-order valence-electron chi connectivity index (χ2n) is 0. The molecule has 0 saturated carbocycles. The molecule has 0 unspecified atom stereocenters. The molecule has 6 nitrogen and oxygen atoms in total. The summed E-state index contributed by atoms with van der Waals surface area (Å²) in [5.41, 5.74) is 0. The van der Waals surface area contributed by atoms with Gasteiger partial charge in [0.1, 0.15) is 0 Å². The van der Waals surface area contributed by atoms with E-state index in [0.29, 0.717) is 0 Å². The van der Waals surface area contributed by atoms with Gasteiger partial charge in [-0.3, -0.25) is 0 Å². The monoisotopic (exact) mass is 286 g/mol. The van der Waals surface area contributed by atoms with Crippen molar-refractivity contribution in [1.82, 2.24) is 0 Å². The Morgan fingerprint density at radius 1 is 0.333 bits per heavy atom. The van der Waals surface area contributed by atoms with Crippen LogP contribution in [0.5, 0.6) is 0 Å². The van der Waals surface area contributed by atoms with Gasteiger partial charge < -0.3 is 32.9 Å². The van der Waals surface area contributed by atoms with E-state index in [-0.39, 0.29) is 115 Å². The molecule has 0 aliphatic heterocycles. The van der Waals surface area contributed by atoms with E-state index in [1.807, 2.05) is 0 Å². The molecule has 0 aliphatic rings. The summed E-state index contributed by atoms with van der Waals surface area (Å²) >= 11 is 0. The van der Waals surface area contributed by atoms with E-state index in [9.17, 15) is 0 Å². The first-order valence-corrected chi connectivity index (χ1v) is 0. The van der Waals surface area contributed by atoms with Crippen LogP contribution in [0, 0.1) is 0 Å². The predicted octanol–water partition coefficient (Wildman–Crippen LogP) is -1.10. The van der Waals surface area contributed by atoms with Gasteiger partial charge in [-0.2, -0.15) is 0 Å². The Morgan fingerprint density at radius 3 is 0.333 bits per heavy atom. The molecule has 58 valence electrons. The maximum Gasteiger partial charge on any atom is 2.00 e. The standard InChI is InChI=1S/6O.Sr.2V/q6*-2;+2;;. The van der Waals surface area contributed by atoms with Crippen LogP contribution in [0.25, 0.3) is 0 Å². The van der Waals surface area contributed by atoms with E-state index in [4.69, 9.17) is 0 Å². The Balaban J connectivity index is 0. The van der Waals surface area contributed by atoms with E-state index in [0.717, 1.165) is 0 Å². The van der Waals surface area contributed by atoms with E-state index < -0.39 is 0 Å². The third-order valence-corrected chi connectivity index (χ3v) is 0. The normalized spacial score (nSPS) is 0. The average Bonchev–Trinajstić information content (AvgIpc) is 0. The van der Waals surface area contributed by atoms with Crippen LogP contribution < -0.4 is 0 Å². The van der Waals surface area contributed by atoms with Crippen molar-refractivity contribution in [3.8, 4) is 0 Å². The summed E-state index contributed by atoms with van der Waals surface area (Å²) in [4.78, 5) is 0. The summed E-state index contributed by atoms with van der Waals surface area (Å²) < 4.78 is 0. The van der Waals surface area contributed by atoms with Crippen LogP contribution in [0.3, 0.4) is 0 Å². The molecule has 2 radical (unpaired) electrons. The van der Waals surface area contributed by atoms with Crippen LogP contribution in [0.2, 0.25) is 0 Å². The molecule has 9 heavy (non-hydrogen) atoms. The molecule has 0 saturated heterocycles. The van der Waals surface area contributed by atoms with Crippen molar-refractivity contribution in [3.63, 3.8) is 0 Å². The largest absolute Gasteiger partial charge is 2.00 e. The van der Waals surface area contributed by atoms with Gasteiger partial charge in [-0.15, -0.1) is 0 Å². The summed E-state index contributed by atoms with van der Waals surface area (Å²) in [6.07, 6.45) is 0. The quantitative estimate of drug-likeness (QED) is 0.492. The number of hydrogen-bond acceptors (Lipinski definition) is 0. The second-order valence-corrected chi connectivity index (χ2v) is 0. The first-order chi connectivity index (χ1) is 0. The molecule has 0 aromatic carbocycles. The van der Waals surface area contributed by atoms with Crippen molar-refractivity contribution in [1.29, 1.82) is 0 Å². The van der Waals surface area contributed by atoms with Crippen molar-refractivity contribution < 1.29 is 70.0 Å². The molecule has 0 heterocycles. The van der Waals surface area contributed by atoms with Gasteiger partial charge in [0.25, 0.3) is 0 Å². The van der Waals surface area contributed by atoms with Crippen LogP contribution >= 0.6 is 0 Å². The van der Waals surface area contributed by atoms with Gasteiger partial charge in [0.05, 0.1) is 0 Å². The second kappa shape index (κ2) is 159. The summed E-state index contributed by atoms with van der Waals surface area (Å²) in [6, 6.07) is 0. The van der Waals surface area contributed by atoms with Crippen LogP contribution in [0.15, 0.2) is 0 Å². The smallest absolute Gasteiger partial charge is 2.00 e. The first-order valence-electron chi connectivity index (χ1n) is 0. The van der Waals surface area contributed by atoms with Gasteiger partial charge >= 0.3 is 45.5 Å². The molecule has 0 N–H and O–H groups in total. The van der Waals surface area contributed by atoms with E-state index in [2.05, 4.69) is 0 Å². The third kappa shape index (κ3) is 127. The molecule has 0 aromatic rings. The fraction of sp³-hybridized carbons (Fsp3) is 0. The molecule has 0 aromatic heterocycles. The molecule has 0 rings (SSSR count). The summed E-state index contributed by atoms with van der Waals surface area (Å²) in [6.45, 7) is 0. The molecule has 9 heteroatoms. The van der Waals surface area contributed by atoms with Gasteiger partial charge in [-0.25, -0.2) is 0 Å². The zero-order valence-corrected chi connectivity index (χ0v) is 10.3. The molecule has 0 bridgehead atoms. The van der Waals surface area contributed by atoms with Gasteiger partial charge in [0, 0.05) is 37.1 Å². The summed E-state index contributed by atoms with van der Waals surface area (Å²) in [5.74, 6) is 0. The van der Waals surface area contributed by atoms with Gasteiger partial charge in [-0.1, -0.05) is 0 Å². The van der Waals surface area contributed by atoms with Crippen LogP contribution in [0.1, 0.15) is 0 Å². The van der Waals surface area contributed by atoms with Crippen molar-refractivity contribution in [2.75, 3.05) is 0 Å². The molecule has 0 fully saturated rings. The molecule has 0 amide bonds. The molecular weight excluding hydrogens is 286 g/mol. The number of rotatable bonds is 0. The van der Waals surface area contributed by atoms with E-state index in [1.165, 1.54) is 0 Å². The maximum absolute atomic E-state index is 0. The van der Waals surface area contributed by atoms with Crippen LogP contribution in [-0.2, 0) is 70.0 Å². The van der Waals surface area contributed by atoms with Gasteiger partial charge in [0.15, 0.2) is 0 Å². The SMILES string of the molecule is [O-2].[O-2].[O-2].[O-2].[O-2].[O-2].[Sr+2].[V].[V]. The van der Waals surface area contributed by atoms with Gasteiger partial charge in [0.2, 0.25) is 0 Å².